The zero-order valence-electron chi connectivity index (χ0n) is 14.0. The van der Waals surface area contributed by atoms with Gasteiger partial charge in [0.2, 0.25) is 0 Å². The van der Waals surface area contributed by atoms with Gasteiger partial charge in [0.25, 0.3) is 0 Å². The molecule has 1 aliphatic carbocycles. The molecular weight excluding hydrogens is 296 g/mol. The van der Waals surface area contributed by atoms with Gasteiger partial charge in [0.1, 0.15) is 5.78 Å². The molecule has 3 nitrogen and oxygen atoms in total. The monoisotopic (exact) mass is 316 g/mol. The van der Waals surface area contributed by atoms with Crippen LogP contribution >= 0.6 is 0 Å². The number of rotatable bonds is 2. The van der Waals surface area contributed by atoms with Crippen molar-refractivity contribution in [1.82, 2.24) is 9.78 Å². The first kappa shape index (κ1) is 14.9. The van der Waals surface area contributed by atoms with Crippen LogP contribution in [0.3, 0.4) is 0 Å². The topological polar surface area (TPSA) is 34.9 Å². The Morgan fingerprint density at radius 2 is 1.50 bits per heavy atom. The van der Waals surface area contributed by atoms with Crippen molar-refractivity contribution in [3.05, 3.63) is 70.9 Å². The normalized spacial score (nSPS) is 13.8. The molecule has 0 amide bonds. The quantitative estimate of drug-likeness (QED) is 0.709. The van der Waals surface area contributed by atoms with E-state index in [1.165, 1.54) is 11.1 Å². The van der Waals surface area contributed by atoms with Gasteiger partial charge in [-0.15, -0.1) is 0 Å². The first-order valence-corrected chi connectivity index (χ1v) is 8.38. The first-order valence-electron chi connectivity index (χ1n) is 8.38. The number of carbonyl (C=O) groups excluding carboxylic acids is 1. The summed E-state index contributed by atoms with van der Waals surface area (Å²) in [4.78, 5) is 12.0. The Morgan fingerprint density at radius 1 is 0.875 bits per heavy atom. The highest BCUT2D eigenvalue weighted by Gasteiger charge is 2.25. The summed E-state index contributed by atoms with van der Waals surface area (Å²) in [5.74, 6) is 0.305. The summed E-state index contributed by atoms with van der Waals surface area (Å²) in [6.45, 7) is 4.16. The van der Waals surface area contributed by atoms with Crippen LogP contribution < -0.4 is 0 Å². The smallest absolute Gasteiger partial charge is 0.137 e. The van der Waals surface area contributed by atoms with Gasteiger partial charge in [0.05, 0.1) is 17.1 Å². The van der Waals surface area contributed by atoms with E-state index in [-0.39, 0.29) is 0 Å². The second-order valence-corrected chi connectivity index (χ2v) is 6.60. The summed E-state index contributed by atoms with van der Waals surface area (Å²) < 4.78 is 2.01. The minimum absolute atomic E-state index is 0.305. The molecule has 0 aliphatic heterocycles. The molecule has 0 fully saturated rings. The van der Waals surface area contributed by atoms with Crippen molar-refractivity contribution in [3.63, 3.8) is 0 Å². The second-order valence-electron chi connectivity index (χ2n) is 6.60. The summed E-state index contributed by atoms with van der Waals surface area (Å²) in [6.07, 6.45) is 1.83. The second kappa shape index (κ2) is 5.75. The van der Waals surface area contributed by atoms with Crippen LogP contribution in [0.1, 0.15) is 28.8 Å². The van der Waals surface area contributed by atoms with E-state index in [4.69, 9.17) is 5.10 Å². The van der Waals surface area contributed by atoms with E-state index in [9.17, 15) is 4.79 Å². The molecule has 1 heterocycles. The van der Waals surface area contributed by atoms with Crippen molar-refractivity contribution in [1.29, 1.82) is 0 Å². The summed E-state index contributed by atoms with van der Waals surface area (Å²) in [6, 6.07) is 16.8. The molecule has 0 bridgehead atoms. The molecule has 0 unspecified atom stereocenters. The lowest BCUT2D eigenvalue weighted by Crippen LogP contribution is -2.12. The fourth-order valence-electron chi connectivity index (χ4n) is 3.31. The standard InChI is InChI=1S/C21H20N2O/c1-14-3-7-16(8-4-14)21-19-13-18(24)11-12-20(19)22-23(21)17-9-5-15(2)6-10-17/h3-10H,11-13H2,1-2H3. The molecule has 0 spiro atoms. The van der Waals surface area contributed by atoms with Crippen LogP contribution in [0.2, 0.25) is 0 Å². The highest BCUT2D eigenvalue weighted by atomic mass is 16.1. The van der Waals surface area contributed by atoms with Crippen molar-refractivity contribution in [2.45, 2.75) is 33.1 Å². The molecule has 1 aromatic heterocycles. The fourth-order valence-corrected chi connectivity index (χ4v) is 3.31. The molecule has 3 aromatic rings. The maximum absolute atomic E-state index is 12.0. The van der Waals surface area contributed by atoms with Gasteiger partial charge in [-0.25, -0.2) is 4.68 Å². The van der Waals surface area contributed by atoms with Gasteiger partial charge in [-0.2, -0.15) is 5.10 Å². The molecule has 0 saturated carbocycles. The van der Waals surface area contributed by atoms with Crippen molar-refractivity contribution in [2.75, 3.05) is 0 Å². The highest BCUT2D eigenvalue weighted by Crippen LogP contribution is 2.33. The van der Waals surface area contributed by atoms with E-state index in [2.05, 4.69) is 62.4 Å². The molecule has 4 rings (SSSR count). The molecule has 1 aliphatic rings. The third kappa shape index (κ3) is 2.56. The molecular formula is C21H20N2O. The predicted octanol–water partition coefficient (Wildman–Crippen LogP) is 4.21. The van der Waals surface area contributed by atoms with Crippen LogP contribution in [-0.2, 0) is 17.6 Å². The van der Waals surface area contributed by atoms with Gasteiger partial charge in [0, 0.05) is 24.0 Å². The van der Waals surface area contributed by atoms with E-state index < -0.39 is 0 Å². The van der Waals surface area contributed by atoms with Gasteiger partial charge < -0.3 is 0 Å². The molecule has 0 saturated heterocycles. The Morgan fingerprint density at radius 3 is 2.17 bits per heavy atom. The molecule has 0 atom stereocenters. The average Bonchev–Trinajstić information content (AvgIpc) is 2.95. The Bertz CT molecular complexity index is 902. The summed E-state index contributed by atoms with van der Waals surface area (Å²) in [5, 5.41) is 4.85. The van der Waals surface area contributed by atoms with Gasteiger partial charge in [-0.3, -0.25) is 4.79 Å². The van der Waals surface area contributed by atoms with Crippen LogP contribution in [0.25, 0.3) is 16.9 Å². The maximum Gasteiger partial charge on any atom is 0.137 e. The van der Waals surface area contributed by atoms with E-state index >= 15 is 0 Å². The minimum atomic E-state index is 0.305. The number of aromatic nitrogens is 2. The SMILES string of the molecule is Cc1ccc(-c2c3c(nn2-c2ccc(C)cc2)CCC(=O)C3)cc1. The molecule has 120 valence electrons. The number of hydrogen-bond donors (Lipinski definition) is 0. The summed E-state index contributed by atoms with van der Waals surface area (Å²) in [7, 11) is 0. The number of hydrogen-bond acceptors (Lipinski definition) is 2. The Kier molecular flexibility index (Phi) is 3.57. The van der Waals surface area contributed by atoms with Gasteiger partial charge >= 0.3 is 0 Å². The number of nitrogens with zero attached hydrogens (tertiary/aromatic N) is 2. The zero-order valence-corrected chi connectivity index (χ0v) is 14.0. The average molecular weight is 316 g/mol. The Hall–Kier alpha value is -2.68. The lowest BCUT2D eigenvalue weighted by Gasteiger charge is -2.12. The number of benzene rings is 2. The van der Waals surface area contributed by atoms with Crippen molar-refractivity contribution in [2.24, 2.45) is 0 Å². The Balaban J connectivity index is 1.94. The summed E-state index contributed by atoms with van der Waals surface area (Å²) >= 11 is 0. The molecule has 2 aromatic carbocycles. The Labute approximate surface area is 141 Å². The fraction of sp³-hybridized carbons (Fsp3) is 0.238. The van der Waals surface area contributed by atoms with E-state index in [0.717, 1.165) is 34.6 Å². The van der Waals surface area contributed by atoms with Crippen LogP contribution in [0, 0.1) is 13.8 Å². The lowest BCUT2D eigenvalue weighted by molar-refractivity contribution is -0.118. The molecule has 0 N–H and O–H groups in total. The largest absolute Gasteiger partial charge is 0.299 e. The maximum atomic E-state index is 12.0. The van der Waals surface area contributed by atoms with Crippen molar-refractivity contribution < 1.29 is 4.79 Å². The van der Waals surface area contributed by atoms with Crippen LogP contribution in [0.15, 0.2) is 48.5 Å². The van der Waals surface area contributed by atoms with Crippen LogP contribution in [0.5, 0.6) is 0 Å². The van der Waals surface area contributed by atoms with Crippen molar-refractivity contribution in [3.8, 4) is 16.9 Å². The van der Waals surface area contributed by atoms with Gasteiger partial charge in [-0.1, -0.05) is 47.5 Å². The first-order chi connectivity index (χ1) is 11.6. The predicted molar refractivity (Wildman–Crippen MR) is 95.5 cm³/mol. The van der Waals surface area contributed by atoms with Gasteiger partial charge in [-0.05, 0) is 32.4 Å². The molecule has 24 heavy (non-hydrogen) atoms. The number of carbonyl (C=O) groups is 1. The number of Topliss-reactive ketones (excluding diaryl/α,β-unsaturated/α-hetero) is 1. The minimum Gasteiger partial charge on any atom is -0.299 e. The van der Waals surface area contributed by atoms with E-state index in [1.807, 2.05) is 4.68 Å². The van der Waals surface area contributed by atoms with Gasteiger partial charge in [0.15, 0.2) is 0 Å². The van der Waals surface area contributed by atoms with E-state index in [0.29, 0.717) is 18.6 Å². The number of ketones is 1. The molecule has 3 heteroatoms. The van der Waals surface area contributed by atoms with Crippen LogP contribution in [0.4, 0.5) is 0 Å². The van der Waals surface area contributed by atoms with Crippen molar-refractivity contribution >= 4 is 5.78 Å². The highest BCUT2D eigenvalue weighted by molar-refractivity contribution is 5.86. The zero-order chi connectivity index (χ0) is 16.7. The third-order valence-electron chi connectivity index (χ3n) is 4.68. The van der Waals surface area contributed by atoms with Crippen LogP contribution in [-0.4, -0.2) is 15.6 Å². The van der Waals surface area contributed by atoms with E-state index in [1.54, 1.807) is 0 Å². The third-order valence-corrected chi connectivity index (χ3v) is 4.68. The molecule has 0 radical (unpaired) electrons. The summed E-state index contributed by atoms with van der Waals surface area (Å²) in [5.41, 5.74) is 7.82. The number of fused-ring (bicyclic) bond motifs is 1. The number of aryl methyl sites for hydroxylation is 3. The lowest BCUT2D eigenvalue weighted by atomic mass is 9.92.